The molecule has 1 aromatic heterocycles. The van der Waals surface area contributed by atoms with E-state index in [1.54, 1.807) is 51.1 Å². The number of hydrogen-bond acceptors (Lipinski definition) is 5. The highest BCUT2D eigenvalue weighted by atomic mass is 19.1. The zero-order chi connectivity index (χ0) is 22.8. The van der Waals surface area contributed by atoms with Gasteiger partial charge in [-0.05, 0) is 38.5 Å². The first-order valence-corrected chi connectivity index (χ1v) is 9.36. The lowest BCUT2D eigenvalue weighted by Gasteiger charge is -2.26. The molecule has 0 radical (unpaired) electrons. The van der Waals surface area contributed by atoms with E-state index in [4.69, 9.17) is 14.9 Å². The highest BCUT2D eigenvalue weighted by molar-refractivity contribution is 6.00. The maximum atomic E-state index is 14.2. The summed E-state index contributed by atoms with van der Waals surface area (Å²) < 4.78 is 39.4. The lowest BCUT2D eigenvalue weighted by Crippen LogP contribution is -2.37. The number of rotatable bonds is 5. The van der Waals surface area contributed by atoms with E-state index in [1.807, 2.05) is 0 Å². The van der Waals surface area contributed by atoms with Crippen LogP contribution >= 0.6 is 0 Å². The maximum Gasteiger partial charge on any atom is 0.417 e. The van der Waals surface area contributed by atoms with E-state index >= 15 is 0 Å². The van der Waals surface area contributed by atoms with Gasteiger partial charge in [0.25, 0.3) is 5.91 Å². The number of anilines is 1. The van der Waals surface area contributed by atoms with Crippen molar-refractivity contribution in [2.24, 2.45) is 5.73 Å². The van der Waals surface area contributed by atoms with Crippen molar-refractivity contribution in [1.29, 1.82) is 0 Å². The highest BCUT2D eigenvalue weighted by Gasteiger charge is 2.32. The van der Waals surface area contributed by atoms with Crippen LogP contribution in [0.4, 0.5) is 19.5 Å². The summed E-state index contributed by atoms with van der Waals surface area (Å²) in [6.07, 6.45) is -0.851. The topological polar surface area (TPSA) is 98.7 Å². The first kappa shape index (κ1) is 21.9. The van der Waals surface area contributed by atoms with Crippen molar-refractivity contribution in [2.75, 3.05) is 4.90 Å². The van der Waals surface area contributed by atoms with E-state index in [2.05, 4.69) is 4.98 Å². The molecule has 0 aliphatic rings. The lowest BCUT2D eigenvalue weighted by molar-refractivity contribution is 0.0571. The second-order valence-corrected chi connectivity index (χ2v) is 7.69. The van der Waals surface area contributed by atoms with E-state index in [0.29, 0.717) is 5.56 Å². The Hall–Kier alpha value is -3.75. The van der Waals surface area contributed by atoms with Gasteiger partial charge in [-0.1, -0.05) is 36.4 Å². The molecule has 0 unspecified atom stereocenters. The van der Waals surface area contributed by atoms with Gasteiger partial charge in [0.15, 0.2) is 5.69 Å². The van der Waals surface area contributed by atoms with Crippen LogP contribution in [-0.4, -0.2) is 22.6 Å². The van der Waals surface area contributed by atoms with E-state index in [0.717, 1.165) is 17.0 Å². The van der Waals surface area contributed by atoms with Crippen LogP contribution in [-0.2, 0) is 11.3 Å². The summed E-state index contributed by atoms with van der Waals surface area (Å²) in [5.41, 5.74) is 4.19. The number of nitrogens with zero attached hydrogens (tertiary/aromatic N) is 2. The minimum Gasteiger partial charge on any atom is -0.443 e. The van der Waals surface area contributed by atoms with Gasteiger partial charge >= 0.3 is 6.09 Å². The fourth-order valence-corrected chi connectivity index (χ4v) is 2.77. The van der Waals surface area contributed by atoms with Crippen molar-refractivity contribution < 1.29 is 27.5 Å². The summed E-state index contributed by atoms with van der Waals surface area (Å²) in [7, 11) is 0. The third kappa shape index (κ3) is 5.06. The van der Waals surface area contributed by atoms with E-state index < -0.39 is 46.4 Å². The molecule has 3 aromatic rings. The Bertz CT molecular complexity index is 1090. The molecule has 0 aliphatic heterocycles. The van der Waals surface area contributed by atoms with Crippen LogP contribution in [0.5, 0.6) is 0 Å². The van der Waals surface area contributed by atoms with Gasteiger partial charge in [0.2, 0.25) is 11.8 Å². The quantitative estimate of drug-likeness (QED) is 0.636. The molecule has 1 heterocycles. The molecule has 0 fully saturated rings. The molecule has 31 heavy (non-hydrogen) atoms. The molecule has 2 N–H and O–H groups in total. The Morgan fingerprint density at radius 1 is 1.06 bits per heavy atom. The lowest BCUT2D eigenvalue weighted by atomic mass is 10.2. The van der Waals surface area contributed by atoms with Crippen LogP contribution in [0, 0.1) is 11.6 Å². The zero-order valence-corrected chi connectivity index (χ0v) is 17.2. The first-order chi connectivity index (χ1) is 14.6. The SMILES string of the molecule is CC(C)(C)OC(=O)N(Cc1ccccc1)c1oc(-c2c(F)cccc2F)nc1C(N)=O. The largest absolute Gasteiger partial charge is 0.443 e. The minimum atomic E-state index is -1.04. The Balaban J connectivity index is 2.14. The number of halogens is 2. The molecule has 162 valence electrons. The second kappa shape index (κ2) is 8.55. The molecule has 2 amide bonds. The summed E-state index contributed by atoms with van der Waals surface area (Å²) in [5, 5.41) is 0. The summed E-state index contributed by atoms with van der Waals surface area (Å²) >= 11 is 0. The summed E-state index contributed by atoms with van der Waals surface area (Å²) in [6.45, 7) is 4.94. The standard InChI is InChI=1S/C22H21F2N3O4/c1-22(2,3)31-21(29)27(12-13-8-5-4-6-9-13)20-17(18(25)28)26-19(30-20)16-14(23)10-7-11-15(16)24/h4-11H,12H2,1-3H3,(H2,25,28). The zero-order valence-electron chi connectivity index (χ0n) is 17.2. The van der Waals surface area contributed by atoms with Crippen LogP contribution < -0.4 is 10.6 Å². The first-order valence-electron chi connectivity index (χ1n) is 9.36. The Kier molecular flexibility index (Phi) is 6.05. The monoisotopic (exact) mass is 429 g/mol. The molecule has 0 aliphatic carbocycles. The number of benzene rings is 2. The van der Waals surface area contributed by atoms with Gasteiger partial charge in [0.05, 0.1) is 6.54 Å². The number of nitrogens with two attached hydrogens (primary N) is 1. The molecular weight excluding hydrogens is 408 g/mol. The van der Waals surface area contributed by atoms with E-state index in [-0.39, 0.29) is 12.4 Å². The van der Waals surface area contributed by atoms with Gasteiger partial charge in [-0.15, -0.1) is 0 Å². The number of primary amides is 1. The van der Waals surface area contributed by atoms with E-state index in [9.17, 15) is 18.4 Å². The highest BCUT2D eigenvalue weighted by Crippen LogP contribution is 2.33. The van der Waals surface area contributed by atoms with Gasteiger partial charge in [0, 0.05) is 0 Å². The van der Waals surface area contributed by atoms with Gasteiger partial charge in [-0.3, -0.25) is 4.79 Å². The second-order valence-electron chi connectivity index (χ2n) is 7.69. The fourth-order valence-electron chi connectivity index (χ4n) is 2.77. The molecule has 0 saturated heterocycles. The van der Waals surface area contributed by atoms with Crippen LogP contribution in [0.25, 0.3) is 11.5 Å². The molecule has 0 bridgehead atoms. The van der Waals surface area contributed by atoms with Crippen LogP contribution in [0.2, 0.25) is 0 Å². The molecular formula is C22H21F2N3O4. The molecule has 9 heteroatoms. The van der Waals surface area contributed by atoms with E-state index in [1.165, 1.54) is 6.07 Å². The molecule has 3 rings (SSSR count). The number of aromatic nitrogens is 1. The number of carbonyl (C=O) groups is 2. The average Bonchev–Trinajstić information content (AvgIpc) is 3.10. The minimum absolute atomic E-state index is 0.0651. The van der Waals surface area contributed by atoms with Crippen molar-refractivity contribution in [3.63, 3.8) is 0 Å². The third-order valence-corrected chi connectivity index (χ3v) is 4.06. The smallest absolute Gasteiger partial charge is 0.417 e. The van der Waals surface area contributed by atoms with Crippen molar-refractivity contribution in [2.45, 2.75) is 32.9 Å². The Morgan fingerprint density at radius 3 is 2.23 bits per heavy atom. The van der Waals surface area contributed by atoms with Gasteiger partial charge in [0.1, 0.15) is 22.8 Å². The number of amides is 2. The molecule has 0 spiro atoms. The van der Waals surface area contributed by atoms with Crippen molar-refractivity contribution in [3.8, 4) is 11.5 Å². The third-order valence-electron chi connectivity index (χ3n) is 4.06. The Morgan fingerprint density at radius 2 is 1.68 bits per heavy atom. The normalized spacial score (nSPS) is 11.3. The van der Waals surface area contributed by atoms with Crippen LogP contribution in [0.3, 0.4) is 0 Å². The van der Waals surface area contributed by atoms with Gasteiger partial charge in [-0.2, -0.15) is 0 Å². The van der Waals surface area contributed by atoms with Gasteiger partial charge < -0.3 is 14.9 Å². The van der Waals surface area contributed by atoms with Crippen molar-refractivity contribution >= 4 is 17.9 Å². The number of ether oxygens (including phenoxy) is 1. The summed E-state index contributed by atoms with van der Waals surface area (Å²) in [6, 6.07) is 12.0. The Labute approximate surface area is 177 Å². The van der Waals surface area contributed by atoms with Gasteiger partial charge in [-0.25, -0.2) is 23.5 Å². The molecule has 7 nitrogen and oxygen atoms in total. The van der Waals surface area contributed by atoms with Crippen molar-refractivity contribution in [1.82, 2.24) is 4.98 Å². The number of hydrogen-bond donors (Lipinski definition) is 1. The predicted molar refractivity (Wildman–Crippen MR) is 109 cm³/mol. The number of oxazole rings is 1. The summed E-state index contributed by atoms with van der Waals surface area (Å²) in [5.74, 6) is -3.83. The van der Waals surface area contributed by atoms with Crippen LogP contribution in [0.15, 0.2) is 52.9 Å². The molecule has 2 aromatic carbocycles. The fraction of sp³-hybridized carbons (Fsp3) is 0.227. The molecule has 0 atom stereocenters. The average molecular weight is 429 g/mol. The molecule has 0 saturated carbocycles. The van der Waals surface area contributed by atoms with Crippen molar-refractivity contribution in [3.05, 3.63) is 71.4 Å². The summed E-state index contributed by atoms with van der Waals surface area (Å²) in [4.78, 5) is 29.9. The number of carbonyl (C=O) groups excluding carboxylic acids is 2. The maximum absolute atomic E-state index is 14.2. The van der Waals surface area contributed by atoms with Crippen LogP contribution in [0.1, 0.15) is 36.8 Å². The predicted octanol–water partition coefficient (Wildman–Crippen LogP) is 4.66.